The van der Waals surface area contributed by atoms with E-state index in [2.05, 4.69) is 28.5 Å². The molecule has 3 rings (SSSR count). The number of rotatable bonds is 3. The lowest BCUT2D eigenvalue weighted by atomic mass is 9.83. The molecule has 19 heavy (non-hydrogen) atoms. The monoisotopic (exact) mass is 278 g/mol. The van der Waals surface area contributed by atoms with Crippen LogP contribution in [0.5, 0.6) is 0 Å². The van der Waals surface area contributed by atoms with Crippen LogP contribution in [-0.4, -0.2) is 32.8 Å². The Labute approximate surface area is 119 Å². The Hall–Kier alpha value is -0.970. The van der Waals surface area contributed by atoms with Crippen molar-refractivity contribution >= 4 is 16.9 Å². The normalized spacial score (nSPS) is 23.9. The van der Waals surface area contributed by atoms with Crippen LogP contribution >= 0.6 is 11.8 Å². The Kier molecular flexibility index (Phi) is 3.82. The second kappa shape index (κ2) is 5.57. The smallest absolute Gasteiger partial charge is 0.157 e. The summed E-state index contributed by atoms with van der Waals surface area (Å²) in [4.78, 5) is 4.68. The first-order valence-electron chi connectivity index (χ1n) is 7.20. The van der Waals surface area contributed by atoms with Gasteiger partial charge in [-0.25, -0.2) is 0 Å². The van der Waals surface area contributed by atoms with Crippen molar-refractivity contribution in [2.75, 3.05) is 12.3 Å². The first-order valence-corrected chi connectivity index (χ1v) is 8.19. The minimum Gasteiger partial charge on any atom is -0.359 e. The molecule has 1 saturated heterocycles. The predicted octanol–water partition coefficient (Wildman–Crippen LogP) is 2.59. The summed E-state index contributed by atoms with van der Waals surface area (Å²) in [7, 11) is 0. The van der Waals surface area contributed by atoms with Crippen molar-refractivity contribution in [3.63, 3.8) is 0 Å². The second-order valence-electron chi connectivity index (χ2n) is 5.72. The molecule has 1 saturated carbocycles. The van der Waals surface area contributed by atoms with Crippen LogP contribution in [0.2, 0.25) is 0 Å². The van der Waals surface area contributed by atoms with E-state index in [4.69, 9.17) is 0 Å². The first-order chi connectivity index (χ1) is 9.26. The maximum Gasteiger partial charge on any atom is 0.157 e. The topological polar surface area (TPSA) is 42.2 Å². The van der Waals surface area contributed by atoms with Gasteiger partial charge in [0, 0.05) is 17.5 Å². The van der Waals surface area contributed by atoms with Crippen LogP contribution in [0, 0.1) is 6.92 Å². The molecule has 2 fully saturated rings. The summed E-state index contributed by atoms with van der Waals surface area (Å²) >= 11 is 1.90. The minimum absolute atomic E-state index is 0.365. The van der Waals surface area contributed by atoms with E-state index in [0.717, 1.165) is 18.3 Å². The van der Waals surface area contributed by atoms with Crippen LogP contribution in [-0.2, 0) is 6.54 Å². The highest BCUT2D eigenvalue weighted by Crippen LogP contribution is 2.35. The molecule has 0 amide bonds. The summed E-state index contributed by atoms with van der Waals surface area (Å²) in [6, 6.07) is 0. The third kappa shape index (κ3) is 3.14. The van der Waals surface area contributed by atoms with E-state index >= 15 is 0 Å². The van der Waals surface area contributed by atoms with Gasteiger partial charge >= 0.3 is 0 Å². The molecular weight excluding hydrogens is 256 g/mol. The molecule has 2 aliphatic rings. The summed E-state index contributed by atoms with van der Waals surface area (Å²) in [6.07, 6.45) is 10.7. The number of thioether (sulfide) groups is 1. The molecule has 1 spiro atoms. The minimum atomic E-state index is 0.365. The largest absolute Gasteiger partial charge is 0.359 e. The highest BCUT2D eigenvalue weighted by molar-refractivity contribution is 8.14. The summed E-state index contributed by atoms with van der Waals surface area (Å²) < 4.78 is 1.97. The van der Waals surface area contributed by atoms with Gasteiger partial charge in [-0.2, -0.15) is 5.10 Å². The molecule has 2 heterocycles. The Balaban J connectivity index is 1.51. The van der Waals surface area contributed by atoms with E-state index in [1.807, 2.05) is 22.6 Å². The molecule has 1 N–H and O–H groups in total. The lowest BCUT2D eigenvalue weighted by Gasteiger charge is -2.32. The third-order valence-electron chi connectivity index (χ3n) is 4.01. The van der Waals surface area contributed by atoms with Gasteiger partial charge in [0.05, 0.1) is 19.3 Å². The Morgan fingerprint density at radius 3 is 3.00 bits per heavy atom. The van der Waals surface area contributed by atoms with Gasteiger partial charge in [0.15, 0.2) is 5.17 Å². The molecule has 0 unspecified atom stereocenters. The zero-order valence-corrected chi connectivity index (χ0v) is 12.4. The van der Waals surface area contributed by atoms with Gasteiger partial charge < -0.3 is 5.32 Å². The van der Waals surface area contributed by atoms with Gasteiger partial charge in [0.1, 0.15) is 0 Å². The van der Waals surface area contributed by atoms with E-state index in [9.17, 15) is 0 Å². The summed E-state index contributed by atoms with van der Waals surface area (Å²) in [5.74, 6) is 1.20. The van der Waals surface area contributed by atoms with E-state index in [1.54, 1.807) is 0 Å². The molecular formula is C14H22N4S. The molecule has 1 aromatic rings. The number of hydrogen-bond donors (Lipinski definition) is 1. The number of nitrogens with zero attached hydrogens (tertiary/aromatic N) is 3. The van der Waals surface area contributed by atoms with Gasteiger partial charge in [-0.15, -0.1) is 0 Å². The molecule has 1 aliphatic carbocycles. The average Bonchev–Trinajstić information content (AvgIpc) is 2.99. The van der Waals surface area contributed by atoms with Crippen LogP contribution in [0.1, 0.15) is 37.7 Å². The van der Waals surface area contributed by atoms with Crippen LogP contribution in [0.15, 0.2) is 17.4 Å². The zero-order valence-electron chi connectivity index (χ0n) is 11.6. The number of aryl methyl sites for hydroxylation is 1. The average molecular weight is 278 g/mol. The van der Waals surface area contributed by atoms with E-state index < -0.39 is 0 Å². The molecule has 0 aromatic carbocycles. The molecule has 1 aliphatic heterocycles. The van der Waals surface area contributed by atoms with Crippen molar-refractivity contribution in [1.82, 2.24) is 15.1 Å². The maximum atomic E-state index is 4.68. The molecule has 104 valence electrons. The predicted molar refractivity (Wildman–Crippen MR) is 80.7 cm³/mol. The fraction of sp³-hybridized carbons (Fsp3) is 0.714. The molecule has 1 aromatic heterocycles. The van der Waals surface area contributed by atoms with Crippen LogP contribution < -0.4 is 5.32 Å². The van der Waals surface area contributed by atoms with Crippen molar-refractivity contribution < 1.29 is 0 Å². The van der Waals surface area contributed by atoms with Crippen molar-refractivity contribution in [3.8, 4) is 0 Å². The van der Waals surface area contributed by atoms with Crippen molar-refractivity contribution in [2.24, 2.45) is 4.99 Å². The standard InChI is InChI=1S/C14H22N4S/c1-12-9-16-18(10-12)8-7-15-13-17-14(11-19-13)5-3-2-4-6-14/h9-10H,2-8,11H2,1H3,(H,15,17). The van der Waals surface area contributed by atoms with Gasteiger partial charge in [0.2, 0.25) is 0 Å². The highest BCUT2D eigenvalue weighted by Gasteiger charge is 2.37. The van der Waals surface area contributed by atoms with Gasteiger partial charge in [-0.05, 0) is 25.3 Å². The van der Waals surface area contributed by atoms with Gasteiger partial charge in [-0.3, -0.25) is 9.67 Å². The molecule has 4 nitrogen and oxygen atoms in total. The Bertz CT molecular complexity index is 460. The SMILES string of the molecule is Cc1cnn(CCN=C2NC3(CCCCC3)CS2)c1. The lowest BCUT2D eigenvalue weighted by molar-refractivity contribution is 0.303. The van der Waals surface area contributed by atoms with Crippen molar-refractivity contribution in [3.05, 3.63) is 18.0 Å². The number of amidine groups is 1. The molecule has 0 bridgehead atoms. The fourth-order valence-corrected chi connectivity index (χ4v) is 4.18. The molecule has 5 heteroatoms. The van der Waals surface area contributed by atoms with Crippen molar-refractivity contribution in [2.45, 2.75) is 51.1 Å². The van der Waals surface area contributed by atoms with Crippen LogP contribution in [0.3, 0.4) is 0 Å². The summed E-state index contributed by atoms with van der Waals surface area (Å²) in [5, 5.41) is 9.11. The van der Waals surface area contributed by atoms with Crippen LogP contribution in [0.4, 0.5) is 0 Å². The van der Waals surface area contributed by atoms with Gasteiger partial charge in [-0.1, -0.05) is 31.0 Å². The number of aliphatic imine (C=N–C) groups is 1. The number of aromatic nitrogens is 2. The Morgan fingerprint density at radius 1 is 1.42 bits per heavy atom. The maximum absolute atomic E-state index is 4.68. The zero-order chi connectivity index (χ0) is 13.1. The van der Waals surface area contributed by atoms with Gasteiger partial charge in [0.25, 0.3) is 0 Å². The lowest BCUT2D eigenvalue weighted by Crippen LogP contribution is -2.45. The highest BCUT2D eigenvalue weighted by atomic mass is 32.2. The summed E-state index contributed by atoms with van der Waals surface area (Å²) in [5.41, 5.74) is 1.58. The molecule has 0 radical (unpaired) electrons. The quantitative estimate of drug-likeness (QED) is 0.924. The molecule has 0 atom stereocenters. The van der Waals surface area contributed by atoms with Crippen molar-refractivity contribution in [1.29, 1.82) is 0 Å². The second-order valence-corrected chi connectivity index (χ2v) is 6.69. The first kappa shape index (κ1) is 13.0. The van der Waals surface area contributed by atoms with Crippen LogP contribution in [0.25, 0.3) is 0 Å². The van der Waals surface area contributed by atoms with E-state index in [1.165, 1.54) is 43.4 Å². The Morgan fingerprint density at radius 2 is 2.26 bits per heavy atom. The summed E-state index contributed by atoms with van der Waals surface area (Å²) in [6.45, 7) is 3.75. The number of hydrogen-bond acceptors (Lipinski definition) is 3. The van der Waals surface area contributed by atoms with E-state index in [-0.39, 0.29) is 0 Å². The third-order valence-corrected chi connectivity index (χ3v) is 5.22. The van der Waals surface area contributed by atoms with E-state index in [0.29, 0.717) is 5.54 Å². The number of nitrogens with one attached hydrogen (secondary N) is 1. The fourth-order valence-electron chi connectivity index (χ4n) is 2.93.